The van der Waals surface area contributed by atoms with Crippen LogP contribution in [-0.4, -0.2) is 14.1 Å². The zero-order valence-electron chi connectivity index (χ0n) is 42.9. The molecule has 364 valence electrons. The number of fused-ring (bicyclic) bond motifs is 12. The summed E-state index contributed by atoms with van der Waals surface area (Å²) in [6, 6.07) is 89.5. The molecule has 0 saturated carbocycles. The van der Waals surface area contributed by atoms with Gasteiger partial charge in [0, 0.05) is 38.0 Å². The van der Waals surface area contributed by atoms with Gasteiger partial charge in [-0.2, -0.15) is 0 Å². The van der Waals surface area contributed by atoms with Crippen LogP contribution in [0.2, 0.25) is 0 Å². The first-order valence-electron chi connectivity index (χ1n) is 27.0. The summed E-state index contributed by atoms with van der Waals surface area (Å²) < 4.78 is 11.1. The smallest absolute Gasteiger partial charge is 0.227 e. The van der Waals surface area contributed by atoms with Gasteiger partial charge in [-0.15, -0.1) is 0 Å². The summed E-state index contributed by atoms with van der Waals surface area (Å²) in [6.45, 7) is 4.74. The Balaban J connectivity index is 0.693. The second kappa shape index (κ2) is 16.0. The van der Waals surface area contributed by atoms with E-state index in [1.165, 1.54) is 109 Å². The van der Waals surface area contributed by atoms with Gasteiger partial charge in [0.05, 0.1) is 39.3 Å². The molecule has 0 fully saturated rings. The molecular weight excluding hydrogens is 947 g/mol. The van der Waals surface area contributed by atoms with Gasteiger partial charge in [-0.1, -0.05) is 184 Å². The number of nitrogens with zero attached hydrogens (tertiary/aromatic N) is 3. The van der Waals surface area contributed by atoms with E-state index < -0.39 is 0 Å². The first-order chi connectivity index (χ1) is 38.4. The predicted molar refractivity (Wildman–Crippen MR) is 327 cm³/mol. The molecule has 0 saturated heterocycles. The zero-order valence-corrected chi connectivity index (χ0v) is 42.9. The van der Waals surface area contributed by atoms with Gasteiger partial charge in [0.25, 0.3) is 0 Å². The average Bonchev–Trinajstić information content (AvgIpc) is 3.95. The minimum absolute atomic E-state index is 0.0225. The molecule has 12 aromatic carbocycles. The standard InChI is InChI=1S/C74H47N3O/c1-74(2)64-22-11-20-58-54-34-31-51(39-60(54)59-21-12-23-65(74)72(59)71(58)64)49-16-10-15-48(38-49)47-14-9-13-46(37-47)44-27-29-45(30-28-44)50-32-35-69-61(40-50)57-19-5-8-26-68(57)76(69)52-33-36-70-62(41-52)63-42-53(43-75-73(63)78-70)77-66-24-6-3-17-55(66)56-18-4-7-25-67(56)77/h3-43H,1-2H3. The first kappa shape index (κ1) is 43.2. The second-order valence-corrected chi connectivity index (χ2v) is 21.9. The molecule has 4 nitrogen and oxygen atoms in total. The van der Waals surface area contributed by atoms with E-state index in [-0.39, 0.29) is 5.41 Å². The number of pyridine rings is 1. The molecule has 0 atom stereocenters. The Morgan fingerprint density at radius 1 is 0.308 bits per heavy atom. The maximum Gasteiger partial charge on any atom is 0.227 e. The summed E-state index contributed by atoms with van der Waals surface area (Å²) in [7, 11) is 0. The molecule has 4 aromatic heterocycles. The molecule has 4 heterocycles. The van der Waals surface area contributed by atoms with Crippen molar-refractivity contribution in [3.8, 4) is 55.9 Å². The molecule has 16 aromatic rings. The fourth-order valence-electron chi connectivity index (χ4n) is 13.6. The molecular formula is C74H47N3O. The van der Waals surface area contributed by atoms with Crippen LogP contribution < -0.4 is 0 Å². The summed E-state index contributed by atoms with van der Waals surface area (Å²) in [5.74, 6) is 0. The SMILES string of the molecule is CC1(C)c2cccc3c4ccc(-c5cccc(-c6cccc(-c7ccc(-c8ccc9c(c8)c8ccccc8n9-c8ccc9oc%10ncc(-n%11c%12ccccc%12c%12ccccc%12%11)cc%10c9c8)cc7)c6)c5)cc4c4cccc1c4c23. The van der Waals surface area contributed by atoms with Crippen LogP contribution in [0.4, 0.5) is 0 Å². The van der Waals surface area contributed by atoms with Crippen molar-refractivity contribution in [3.05, 3.63) is 260 Å². The van der Waals surface area contributed by atoms with Gasteiger partial charge >= 0.3 is 0 Å². The third-order valence-corrected chi connectivity index (χ3v) is 17.3. The fraction of sp³-hybridized carbons (Fsp3) is 0.0405. The van der Waals surface area contributed by atoms with Crippen molar-refractivity contribution in [1.29, 1.82) is 0 Å². The zero-order chi connectivity index (χ0) is 51.4. The molecule has 0 radical (unpaired) electrons. The van der Waals surface area contributed by atoms with E-state index in [4.69, 9.17) is 9.40 Å². The largest absolute Gasteiger partial charge is 0.438 e. The van der Waals surface area contributed by atoms with Crippen molar-refractivity contribution in [1.82, 2.24) is 14.1 Å². The lowest BCUT2D eigenvalue weighted by molar-refractivity contribution is 0.654. The van der Waals surface area contributed by atoms with Gasteiger partial charge in [0.2, 0.25) is 5.71 Å². The number of para-hydroxylation sites is 3. The molecule has 0 N–H and O–H groups in total. The van der Waals surface area contributed by atoms with E-state index in [9.17, 15) is 0 Å². The lowest BCUT2D eigenvalue weighted by Gasteiger charge is -2.21. The van der Waals surface area contributed by atoms with Gasteiger partial charge in [-0.05, 0) is 161 Å². The highest BCUT2D eigenvalue weighted by Crippen LogP contribution is 2.52. The molecule has 0 spiro atoms. The second-order valence-electron chi connectivity index (χ2n) is 21.9. The fourth-order valence-corrected chi connectivity index (χ4v) is 13.6. The Bertz CT molecular complexity index is 5190. The minimum atomic E-state index is -0.0225. The summed E-state index contributed by atoms with van der Waals surface area (Å²) >= 11 is 0. The maximum absolute atomic E-state index is 6.40. The van der Waals surface area contributed by atoms with Gasteiger partial charge < -0.3 is 13.6 Å². The van der Waals surface area contributed by atoms with Crippen LogP contribution in [-0.2, 0) is 5.41 Å². The molecule has 78 heavy (non-hydrogen) atoms. The highest BCUT2D eigenvalue weighted by molar-refractivity contribution is 6.29. The number of benzene rings is 12. The maximum atomic E-state index is 6.40. The van der Waals surface area contributed by atoms with Gasteiger partial charge in [0.1, 0.15) is 5.58 Å². The predicted octanol–water partition coefficient (Wildman–Crippen LogP) is 19.9. The van der Waals surface area contributed by atoms with Crippen LogP contribution in [0.5, 0.6) is 0 Å². The number of aromatic nitrogens is 3. The molecule has 0 amide bonds. The first-order valence-corrected chi connectivity index (χ1v) is 27.0. The van der Waals surface area contributed by atoms with Crippen LogP contribution in [0.3, 0.4) is 0 Å². The Labute approximate surface area is 449 Å². The monoisotopic (exact) mass is 993 g/mol. The minimum Gasteiger partial charge on any atom is -0.438 e. The lowest BCUT2D eigenvalue weighted by Crippen LogP contribution is -2.14. The van der Waals surface area contributed by atoms with Crippen LogP contribution in [0.15, 0.2) is 253 Å². The third kappa shape index (κ3) is 6.14. The van der Waals surface area contributed by atoms with Crippen molar-refractivity contribution in [2.45, 2.75) is 19.3 Å². The summed E-state index contributed by atoms with van der Waals surface area (Å²) in [6.07, 6.45) is 1.93. The molecule has 0 aliphatic heterocycles. The van der Waals surface area contributed by atoms with Crippen LogP contribution in [0.1, 0.15) is 25.0 Å². The normalized spacial score (nSPS) is 13.1. The summed E-state index contributed by atoms with van der Waals surface area (Å²) in [5.41, 5.74) is 20.5. The summed E-state index contributed by atoms with van der Waals surface area (Å²) in [4.78, 5) is 4.90. The Morgan fingerprint density at radius 2 is 0.756 bits per heavy atom. The highest BCUT2D eigenvalue weighted by atomic mass is 16.3. The molecule has 1 aliphatic rings. The number of hydrogen-bond donors (Lipinski definition) is 0. The highest BCUT2D eigenvalue weighted by Gasteiger charge is 2.34. The number of hydrogen-bond acceptors (Lipinski definition) is 2. The van der Waals surface area contributed by atoms with Crippen molar-refractivity contribution < 1.29 is 4.42 Å². The van der Waals surface area contributed by atoms with Crippen LogP contribution >= 0.6 is 0 Å². The Hall–Kier alpha value is -10.0. The van der Waals surface area contributed by atoms with E-state index in [2.05, 4.69) is 266 Å². The van der Waals surface area contributed by atoms with Gasteiger partial charge in [-0.25, -0.2) is 4.98 Å². The van der Waals surface area contributed by atoms with Crippen molar-refractivity contribution in [2.75, 3.05) is 0 Å². The van der Waals surface area contributed by atoms with E-state index in [1.807, 2.05) is 6.20 Å². The van der Waals surface area contributed by atoms with E-state index >= 15 is 0 Å². The van der Waals surface area contributed by atoms with Crippen LogP contribution in [0, 0.1) is 0 Å². The molecule has 0 unspecified atom stereocenters. The van der Waals surface area contributed by atoms with Gasteiger partial charge in [-0.3, -0.25) is 0 Å². The molecule has 17 rings (SSSR count). The lowest BCUT2D eigenvalue weighted by atomic mass is 9.82. The van der Waals surface area contributed by atoms with E-state index in [1.54, 1.807) is 0 Å². The molecule has 4 heteroatoms. The Morgan fingerprint density at radius 3 is 1.38 bits per heavy atom. The van der Waals surface area contributed by atoms with Crippen molar-refractivity contribution >= 4 is 98.0 Å². The van der Waals surface area contributed by atoms with E-state index in [0.29, 0.717) is 5.71 Å². The van der Waals surface area contributed by atoms with Crippen molar-refractivity contribution in [3.63, 3.8) is 0 Å². The Kier molecular flexibility index (Phi) is 8.87. The third-order valence-electron chi connectivity index (χ3n) is 17.3. The van der Waals surface area contributed by atoms with Crippen molar-refractivity contribution in [2.24, 2.45) is 0 Å². The molecule has 0 bridgehead atoms. The number of furan rings is 1. The van der Waals surface area contributed by atoms with E-state index in [0.717, 1.165) is 49.8 Å². The quantitative estimate of drug-likeness (QED) is 0.156. The van der Waals surface area contributed by atoms with Crippen LogP contribution in [0.25, 0.3) is 154 Å². The average molecular weight is 994 g/mol. The van der Waals surface area contributed by atoms with Gasteiger partial charge in [0.15, 0.2) is 0 Å². The number of rotatable bonds is 6. The molecule has 1 aliphatic carbocycles. The summed E-state index contributed by atoms with van der Waals surface area (Å²) in [5, 5.41) is 15.1. The topological polar surface area (TPSA) is 35.9 Å².